The van der Waals surface area contributed by atoms with Gasteiger partial charge in [-0.1, -0.05) is 0 Å². The van der Waals surface area contributed by atoms with Crippen LogP contribution in [0.15, 0.2) is 5.51 Å². The zero-order valence-electron chi connectivity index (χ0n) is 8.64. The predicted molar refractivity (Wildman–Crippen MR) is 58.0 cm³/mol. The first-order valence-electron chi connectivity index (χ1n) is 5.06. The molecule has 0 saturated carbocycles. The number of amides is 1. The number of nitrogens with zero attached hydrogens (tertiary/aromatic N) is 2. The van der Waals surface area contributed by atoms with Crippen LogP contribution >= 0.6 is 11.3 Å². The van der Waals surface area contributed by atoms with Crippen molar-refractivity contribution in [3.8, 4) is 0 Å². The molecule has 0 bridgehead atoms. The minimum atomic E-state index is -0.000926. The van der Waals surface area contributed by atoms with Crippen molar-refractivity contribution in [1.82, 2.24) is 9.88 Å². The molecular formula is C10H14N2O2S. The summed E-state index contributed by atoms with van der Waals surface area (Å²) < 4.78 is 0. The molecule has 1 saturated heterocycles. The maximum Gasteiger partial charge on any atom is 0.266 e. The lowest BCUT2D eigenvalue weighted by molar-refractivity contribution is 0.0681. The van der Waals surface area contributed by atoms with Gasteiger partial charge in [-0.05, 0) is 19.8 Å². The summed E-state index contributed by atoms with van der Waals surface area (Å²) in [5.74, 6) is 0.0200. The number of aryl methyl sites for hydroxylation is 1. The molecule has 4 nitrogen and oxygen atoms in total. The monoisotopic (exact) mass is 226 g/mol. The molecule has 1 aromatic heterocycles. The van der Waals surface area contributed by atoms with Crippen molar-refractivity contribution >= 4 is 17.2 Å². The van der Waals surface area contributed by atoms with Crippen LogP contribution < -0.4 is 0 Å². The normalized spacial score (nSPS) is 20.9. The van der Waals surface area contributed by atoms with Gasteiger partial charge in [0.15, 0.2) is 0 Å². The van der Waals surface area contributed by atoms with Gasteiger partial charge in [0.25, 0.3) is 5.91 Å². The van der Waals surface area contributed by atoms with Crippen LogP contribution in [0.2, 0.25) is 0 Å². The average Bonchev–Trinajstić information content (AvgIpc) is 2.84. The Bertz CT molecular complexity index is 364. The number of aliphatic hydroxyl groups is 1. The summed E-state index contributed by atoms with van der Waals surface area (Å²) in [6, 6.07) is -0.000926. The lowest BCUT2D eigenvalue weighted by Crippen LogP contribution is -2.37. The maximum absolute atomic E-state index is 12.1. The van der Waals surface area contributed by atoms with Crippen LogP contribution in [0, 0.1) is 6.92 Å². The van der Waals surface area contributed by atoms with Crippen LogP contribution in [-0.2, 0) is 0 Å². The predicted octanol–water partition coefficient (Wildman–Crippen LogP) is 1.05. The topological polar surface area (TPSA) is 53.4 Å². The van der Waals surface area contributed by atoms with Gasteiger partial charge >= 0.3 is 0 Å². The number of aromatic nitrogens is 1. The fourth-order valence-electron chi connectivity index (χ4n) is 1.93. The third kappa shape index (κ3) is 1.89. The summed E-state index contributed by atoms with van der Waals surface area (Å²) in [5, 5.41) is 9.15. The number of carbonyl (C=O) groups excluding carboxylic acids is 1. The highest BCUT2D eigenvalue weighted by molar-refractivity contribution is 7.11. The molecule has 1 N–H and O–H groups in total. The summed E-state index contributed by atoms with van der Waals surface area (Å²) in [7, 11) is 0. The molecule has 82 valence electrons. The van der Waals surface area contributed by atoms with E-state index in [9.17, 15) is 4.79 Å². The van der Waals surface area contributed by atoms with Crippen LogP contribution in [-0.4, -0.2) is 40.1 Å². The summed E-state index contributed by atoms with van der Waals surface area (Å²) in [4.78, 5) is 18.6. The van der Waals surface area contributed by atoms with Gasteiger partial charge in [-0.25, -0.2) is 4.98 Å². The fourth-order valence-corrected chi connectivity index (χ4v) is 2.69. The molecular weight excluding hydrogens is 212 g/mol. The highest BCUT2D eigenvalue weighted by atomic mass is 32.1. The first-order valence-corrected chi connectivity index (χ1v) is 5.94. The van der Waals surface area contributed by atoms with Crippen LogP contribution in [0.4, 0.5) is 0 Å². The van der Waals surface area contributed by atoms with Gasteiger partial charge in [0.1, 0.15) is 4.88 Å². The Morgan fingerprint density at radius 1 is 1.80 bits per heavy atom. The Balaban J connectivity index is 2.18. The number of carbonyl (C=O) groups is 1. The van der Waals surface area contributed by atoms with E-state index in [-0.39, 0.29) is 18.6 Å². The van der Waals surface area contributed by atoms with Crippen molar-refractivity contribution in [2.45, 2.75) is 25.8 Å². The van der Waals surface area contributed by atoms with Crippen LogP contribution in [0.5, 0.6) is 0 Å². The Morgan fingerprint density at radius 2 is 2.60 bits per heavy atom. The number of aliphatic hydroxyl groups excluding tert-OH is 1. The quantitative estimate of drug-likeness (QED) is 0.820. The molecule has 0 spiro atoms. The molecule has 0 unspecified atom stereocenters. The van der Waals surface area contributed by atoms with E-state index in [0.29, 0.717) is 4.88 Å². The second-order valence-electron chi connectivity index (χ2n) is 3.74. The summed E-state index contributed by atoms with van der Waals surface area (Å²) >= 11 is 1.37. The molecule has 1 atom stereocenters. The first kappa shape index (κ1) is 10.6. The SMILES string of the molecule is Cc1ncsc1C(=O)N1CCC[C@@H]1CO. The molecule has 5 heteroatoms. The molecule has 0 aliphatic carbocycles. The molecule has 2 heterocycles. The zero-order valence-corrected chi connectivity index (χ0v) is 9.46. The van der Waals surface area contributed by atoms with E-state index in [1.807, 2.05) is 6.92 Å². The van der Waals surface area contributed by atoms with Crippen molar-refractivity contribution in [3.05, 3.63) is 16.1 Å². The van der Waals surface area contributed by atoms with E-state index >= 15 is 0 Å². The lowest BCUT2D eigenvalue weighted by atomic mass is 10.2. The summed E-state index contributed by atoms with van der Waals surface area (Å²) in [5.41, 5.74) is 2.47. The molecule has 1 aromatic rings. The third-order valence-corrected chi connectivity index (χ3v) is 3.71. The molecule has 15 heavy (non-hydrogen) atoms. The molecule has 1 fully saturated rings. The zero-order chi connectivity index (χ0) is 10.8. The molecule has 1 aliphatic heterocycles. The summed E-state index contributed by atoms with van der Waals surface area (Å²) in [6.45, 7) is 2.65. The Morgan fingerprint density at radius 3 is 3.20 bits per heavy atom. The smallest absolute Gasteiger partial charge is 0.266 e. The van der Waals surface area contributed by atoms with Gasteiger partial charge < -0.3 is 10.0 Å². The molecule has 1 amide bonds. The highest BCUT2D eigenvalue weighted by Crippen LogP contribution is 2.22. The third-order valence-electron chi connectivity index (χ3n) is 2.79. The van der Waals surface area contributed by atoms with Gasteiger partial charge in [0.2, 0.25) is 0 Å². The largest absolute Gasteiger partial charge is 0.394 e. The van der Waals surface area contributed by atoms with Gasteiger partial charge in [0, 0.05) is 6.54 Å². The minimum Gasteiger partial charge on any atom is -0.394 e. The second kappa shape index (κ2) is 4.28. The molecule has 0 aromatic carbocycles. The number of hydrogen-bond acceptors (Lipinski definition) is 4. The Hall–Kier alpha value is -0.940. The van der Waals surface area contributed by atoms with E-state index in [1.54, 1.807) is 10.4 Å². The van der Waals surface area contributed by atoms with Crippen LogP contribution in [0.25, 0.3) is 0 Å². The van der Waals surface area contributed by atoms with Gasteiger partial charge in [-0.15, -0.1) is 11.3 Å². The molecule has 1 aliphatic rings. The number of thiazole rings is 1. The second-order valence-corrected chi connectivity index (χ2v) is 4.60. The van der Waals surface area contributed by atoms with Gasteiger partial charge in [0.05, 0.1) is 23.9 Å². The van der Waals surface area contributed by atoms with Crippen molar-refractivity contribution in [3.63, 3.8) is 0 Å². The van der Waals surface area contributed by atoms with Gasteiger partial charge in [-0.3, -0.25) is 4.79 Å². The fraction of sp³-hybridized carbons (Fsp3) is 0.600. The lowest BCUT2D eigenvalue weighted by Gasteiger charge is -2.22. The van der Waals surface area contributed by atoms with E-state index in [2.05, 4.69) is 4.98 Å². The maximum atomic E-state index is 12.1. The Kier molecular flexibility index (Phi) is 3.02. The van der Waals surface area contributed by atoms with E-state index < -0.39 is 0 Å². The summed E-state index contributed by atoms with van der Waals surface area (Å²) in [6.07, 6.45) is 1.88. The van der Waals surface area contributed by atoms with Crippen molar-refractivity contribution in [2.24, 2.45) is 0 Å². The van der Waals surface area contributed by atoms with Crippen LogP contribution in [0.3, 0.4) is 0 Å². The first-order chi connectivity index (χ1) is 7.24. The number of likely N-dealkylation sites (tertiary alicyclic amines) is 1. The standard InChI is InChI=1S/C10H14N2O2S/c1-7-9(15-6-11-7)10(14)12-4-2-3-8(12)5-13/h6,8,13H,2-5H2,1H3/t8-/m1/s1. The molecule has 2 rings (SSSR count). The van der Waals surface area contributed by atoms with Gasteiger partial charge in [-0.2, -0.15) is 0 Å². The number of rotatable bonds is 2. The number of hydrogen-bond donors (Lipinski definition) is 1. The van der Waals surface area contributed by atoms with Crippen molar-refractivity contribution < 1.29 is 9.90 Å². The minimum absolute atomic E-state index is 0.000926. The van der Waals surface area contributed by atoms with Crippen molar-refractivity contribution in [1.29, 1.82) is 0 Å². The van der Waals surface area contributed by atoms with Crippen LogP contribution in [0.1, 0.15) is 28.2 Å². The molecule has 0 radical (unpaired) electrons. The van der Waals surface area contributed by atoms with E-state index in [0.717, 1.165) is 25.1 Å². The highest BCUT2D eigenvalue weighted by Gasteiger charge is 2.30. The van der Waals surface area contributed by atoms with Crippen molar-refractivity contribution in [2.75, 3.05) is 13.2 Å². The van der Waals surface area contributed by atoms with E-state index in [4.69, 9.17) is 5.11 Å². The Labute approximate surface area is 92.6 Å². The average molecular weight is 226 g/mol. The van der Waals surface area contributed by atoms with E-state index in [1.165, 1.54) is 11.3 Å².